The first kappa shape index (κ1) is 12.0. The monoisotopic (exact) mass is 271 g/mol. The van der Waals surface area contributed by atoms with Crippen LogP contribution >= 0.6 is 15.9 Å². The zero-order valence-electron chi connectivity index (χ0n) is 8.75. The minimum atomic E-state index is -0.247. The minimum absolute atomic E-state index is 0.0138. The molecule has 0 saturated heterocycles. The molecule has 1 atom stereocenters. The van der Waals surface area contributed by atoms with Crippen LogP contribution in [0.25, 0.3) is 0 Å². The van der Waals surface area contributed by atoms with Gasteiger partial charge in [0.05, 0.1) is 5.56 Å². The van der Waals surface area contributed by atoms with E-state index in [0.29, 0.717) is 10.9 Å². The molecule has 0 saturated carbocycles. The van der Waals surface area contributed by atoms with Crippen molar-refractivity contribution in [3.05, 3.63) is 29.3 Å². The van der Waals surface area contributed by atoms with Gasteiger partial charge >= 0.3 is 0 Å². The van der Waals surface area contributed by atoms with E-state index in [1.54, 1.807) is 12.1 Å². The number of phenols is 1. The molecule has 0 fully saturated rings. The van der Waals surface area contributed by atoms with Crippen molar-refractivity contribution in [2.24, 2.45) is 0 Å². The van der Waals surface area contributed by atoms with E-state index < -0.39 is 0 Å². The van der Waals surface area contributed by atoms with E-state index >= 15 is 0 Å². The Morgan fingerprint density at radius 2 is 2.27 bits per heavy atom. The summed E-state index contributed by atoms with van der Waals surface area (Å²) in [6.07, 6.45) is 0. The summed E-state index contributed by atoms with van der Waals surface area (Å²) in [5.74, 6) is -0.233. The molecule has 1 unspecified atom stereocenters. The van der Waals surface area contributed by atoms with Crippen LogP contribution in [0.15, 0.2) is 18.2 Å². The Labute approximate surface area is 97.6 Å². The lowest BCUT2D eigenvalue weighted by molar-refractivity contribution is 0.0941. The van der Waals surface area contributed by atoms with Crippen molar-refractivity contribution < 1.29 is 9.90 Å². The van der Waals surface area contributed by atoms with E-state index in [0.717, 1.165) is 5.56 Å². The van der Waals surface area contributed by atoms with E-state index in [1.807, 2.05) is 13.8 Å². The molecule has 0 heterocycles. The van der Waals surface area contributed by atoms with Gasteiger partial charge in [-0.25, -0.2) is 0 Å². The standard InChI is InChI=1S/C11H14BrNO2/c1-7-3-4-10(14)9(5-7)11(15)13-8(2)6-12/h3-5,8,14H,6H2,1-2H3,(H,13,15). The van der Waals surface area contributed by atoms with Crippen LogP contribution in [0.5, 0.6) is 5.75 Å². The Morgan fingerprint density at radius 3 is 2.87 bits per heavy atom. The van der Waals surface area contributed by atoms with Crippen molar-refractivity contribution in [3.8, 4) is 5.75 Å². The molecular formula is C11H14BrNO2. The number of hydrogen-bond donors (Lipinski definition) is 2. The Kier molecular flexibility index (Phi) is 4.15. The van der Waals surface area contributed by atoms with E-state index in [2.05, 4.69) is 21.2 Å². The smallest absolute Gasteiger partial charge is 0.255 e. The average molecular weight is 272 g/mol. The van der Waals surface area contributed by atoms with Crippen LogP contribution in [-0.4, -0.2) is 22.4 Å². The van der Waals surface area contributed by atoms with Crippen LogP contribution in [0.1, 0.15) is 22.8 Å². The lowest BCUT2D eigenvalue weighted by atomic mass is 10.1. The molecule has 1 rings (SSSR count). The summed E-state index contributed by atoms with van der Waals surface area (Å²) in [7, 11) is 0. The van der Waals surface area contributed by atoms with Gasteiger partial charge in [-0.1, -0.05) is 27.6 Å². The van der Waals surface area contributed by atoms with Gasteiger partial charge in [-0.15, -0.1) is 0 Å². The number of carbonyl (C=O) groups excluding carboxylic acids is 1. The van der Waals surface area contributed by atoms with Crippen LogP contribution in [0.2, 0.25) is 0 Å². The first-order chi connectivity index (χ1) is 7.04. The SMILES string of the molecule is Cc1ccc(O)c(C(=O)NC(C)CBr)c1. The molecule has 0 aliphatic heterocycles. The van der Waals surface area contributed by atoms with Crippen molar-refractivity contribution in [1.29, 1.82) is 0 Å². The zero-order chi connectivity index (χ0) is 11.4. The summed E-state index contributed by atoms with van der Waals surface area (Å²) in [6, 6.07) is 5.01. The maximum atomic E-state index is 11.7. The van der Waals surface area contributed by atoms with E-state index in [-0.39, 0.29) is 17.7 Å². The number of amides is 1. The average Bonchev–Trinajstić information content (AvgIpc) is 2.21. The molecule has 82 valence electrons. The van der Waals surface area contributed by atoms with E-state index in [9.17, 15) is 9.90 Å². The summed E-state index contributed by atoms with van der Waals surface area (Å²) in [4.78, 5) is 11.7. The molecule has 0 aliphatic carbocycles. The fourth-order valence-electron chi connectivity index (χ4n) is 1.17. The second-order valence-corrected chi connectivity index (χ2v) is 4.20. The zero-order valence-corrected chi connectivity index (χ0v) is 10.3. The largest absolute Gasteiger partial charge is 0.507 e. The molecule has 2 N–H and O–H groups in total. The summed E-state index contributed by atoms with van der Waals surface area (Å²) in [6.45, 7) is 3.77. The second kappa shape index (κ2) is 5.16. The third kappa shape index (κ3) is 3.23. The van der Waals surface area contributed by atoms with Gasteiger partial charge < -0.3 is 10.4 Å². The summed E-state index contributed by atoms with van der Waals surface area (Å²) >= 11 is 3.27. The first-order valence-electron chi connectivity index (χ1n) is 4.71. The number of rotatable bonds is 3. The molecule has 0 aromatic heterocycles. The van der Waals surface area contributed by atoms with Crippen LogP contribution in [0.3, 0.4) is 0 Å². The van der Waals surface area contributed by atoms with Crippen molar-refractivity contribution in [2.75, 3.05) is 5.33 Å². The lowest BCUT2D eigenvalue weighted by Gasteiger charge is -2.11. The molecular weight excluding hydrogens is 258 g/mol. The van der Waals surface area contributed by atoms with Gasteiger partial charge in [0.25, 0.3) is 5.91 Å². The molecule has 0 bridgehead atoms. The highest BCUT2D eigenvalue weighted by Gasteiger charge is 2.12. The van der Waals surface area contributed by atoms with E-state index in [1.165, 1.54) is 6.07 Å². The summed E-state index contributed by atoms with van der Waals surface area (Å²) in [5, 5.41) is 13.0. The number of hydrogen-bond acceptors (Lipinski definition) is 2. The minimum Gasteiger partial charge on any atom is -0.507 e. The number of phenolic OH excluding ortho intramolecular Hbond substituents is 1. The first-order valence-corrected chi connectivity index (χ1v) is 5.83. The fraction of sp³-hybridized carbons (Fsp3) is 0.364. The van der Waals surface area contributed by atoms with Crippen molar-refractivity contribution >= 4 is 21.8 Å². The molecule has 15 heavy (non-hydrogen) atoms. The van der Waals surface area contributed by atoms with Gasteiger partial charge in [-0.2, -0.15) is 0 Å². The number of benzene rings is 1. The number of halogens is 1. The molecule has 4 heteroatoms. The highest BCUT2D eigenvalue weighted by molar-refractivity contribution is 9.09. The second-order valence-electron chi connectivity index (χ2n) is 3.55. The number of nitrogens with one attached hydrogen (secondary N) is 1. The molecule has 0 spiro atoms. The van der Waals surface area contributed by atoms with Gasteiger partial charge in [0, 0.05) is 11.4 Å². The normalized spacial score (nSPS) is 12.2. The van der Waals surface area contributed by atoms with Gasteiger partial charge in [0.1, 0.15) is 5.75 Å². The van der Waals surface area contributed by atoms with Crippen molar-refractivity contribution in [1.82, 2.24) is 5.32 Å². The molecule has 1 aromatic rings. The van der Waals surface area contributed by atoms with Crippen LogP contribution in [0, 0.1) is 6.92 Å². The Hall–Kier alpha value is -1.03. The van der Waals surface area contributed by atoms with Gasteiger partial charge in [0.2, 0.25) is 0 Å². The lowest BCUT2D eigenvalue weighted by Crippen LogP contribution is -2.33. The molecule has 3 nitrogen and oxygen atoms in total. The predicted molar refractivity (Wildman–Crippen MR) is 63.6 cm³/mol. The number of alkyl halides is 1. The molecule has 0 radical (unpaired) electrons. The number of aryl methyl sites for hydroxylation is 1. The highest BCUT2D eigenvalue weighted by Crippen LogP contribution is 2.18. The quantitative estimate of drug-likeness (QED) is 0.829. The summed E-state index contributed by atoms with van der Waals surface area (Å²) < 4.78 is 0. The fourth-order valence-corrected chi connectivity index (χ4v) is 1.33. The van der Waals surface area contributed by atoms with E-state index in [4.69, 9.17) is 0 Å². The van der Waals surface area contributed by atoms with Crippen LogP contribution in [0.4, 0.5) is 0 Å². The molecule has 1 aromatic carbocycles. The topological polar surface area (TPSA) is 49.3 Å². The Balaban J connectivity index is 2.86. The summed E-state index contributed by atoms with van der Waals surface area (Å²) in [5.41, 5.74) is 1.27. The van der Waals surface area contributed by atoms with Crippen LogP contribution in [-0.2, 0) is 0 Å². The van der Waals surface area contributed by atoms with Crippen molar-refractivity contribution in [3.63, 3.8) is 0 Å². The maximum absolute atomic E-state index is 11.7. The predicted octanol–water partition coefficient (Wildman–Crippen LogP) is 2.21. The number of aromatic hydroxyl groups is 1. The van der Waals surface area contributed by atoms with Crippen LogP contribution < -0.4 is 5.32 Å². The third-order valence-corrected chi connectivity index (χ3v) is 2.98. The Bertz CT molecular complexity index is 366. The highest BCUT2D eigenvalue weighted by atomic mass is 79.9. The van der Waals surface area contributed by atoms with Gasteiger partial charge in [0.15, 0.2) is 0 Å². The number of carbonyl (C=O) groups is 1. The van der Waals surface area contributed by atoms with Gasteiger partial charge in [-0.3, -0.25) is 4.79 Å². The molecule has 0 aliphatic rings. The van der Waals surface area contributed by atoms with Gasteiger partial charge in [-0.05, 0) is 26.0 Å². The Morgan fingerprint density at radius 1 is 1.60 bits per heavy atom. The van der Waals surface area contributed by atoms with Crippen molar-refractivity contribution in [2.45, 2.75) is 19.9 Å². The third-order valence-electron chi connectivity index (χ3n) is 2.01. The molecule has 1 amide bonds. The maximum Gasteiger partial charge on any atom is 0.255 e.